The van der Waals surface area contributed by atoms with Crippen LogP contribution in [0.2, 0.25) is 0 Å². The fourth-order valence-electron chi connectivity index (χ4n) is 2.46. The number of ether oxygens (including phenoxy) is 2. The molecule has 2 N–H and O–H groups in total. The van der Waals surface area contributed by atoms with Gasteiger partial charge in [-0.05, 0) is 37.1 Å². The van der Waals surface area contributed by atoms with E-state index >= 15 is 0 Å². The molecule has 0 aromatic heterocycles. The van der Waals surface area contributed by atoms with E-state index in [1.165, 1.54) is 0 Å². The van der Waals surface area contributed by atoms with Gasteiger partial charge in [0, 0.05) is 13.1 Å². The molecule has 0 bridgehead atoms. The van der Waals surface area contributed by atoms with Crippen LogP contribution in [0.3, 0.4) is 0 Å². The van der Waals surface area contributed by atoms with Crippen molar-refractivity contribution in [2.45, 2.75) is 19.4 Å². The lowest BCUT2D eigenvalue weighted by molar-refractivity contribution is -0.125. The number of rotatable bonds is 3. The van der Waals surface area contributed by atoms with Gasteiger partial charge in [0.1, 0.15) is 0 Å². The fourth-order valence-corrected chi connectivity index (χ4v) is 2.46. The lowest BCUT2D eigenvalue weighted by atomic mass is 9.99. The van der Waals surface area contributed by atoms with E-state index in [2.05, 4.69) is 10.6 Å². The third-order valence-corrected chi connectivity index (χ3v) is 3.57. The Morgan fingerprint density at radius 1 is 1.37 bits per heavy atom. The van der Waals surface area contributed by atoms with E-state index in [4.69, 9.17) is 9.47 Å². The molecule has 1 aromatic rings. The molecule has 1 fully saturated rings. The molecule has 1 aromatic carbocycles. The molecule has 0 unspecified atom stereocenters. The standard InChI is InChI=1S/C14H18N2O3/c17-14(11-2-1-5-15-8-11)16-7-10-3-4-12-13(6-10)19-9-18-12/h3-4,6,11,15H,1-2,5,7-9H2,(H,16,17)/t11-/m0/s1. The number of hydrogen-bond acceptors (Lipinski definition) is 4. The second-order valence-electron chi connectivity index (χ2n) is 4.95. The maximum atomic E-state index is 12.0. The van der Waals surface area contributed by atoms with Crippen LogP contribution in [0.25, 0.3) is 0 Å². The first kappa shape index (κ1) is 12.3. The van der Waals surface area contributed by atoms with Crippen molar-refractivity contribution in [3.63, 3.8) is 0 Å². The van der Waals surface area contributed by atoms with Crippen LogP contribution in [0.1, 0.15) is 18.4 Å². The van der Waals surface area contributed by atoms with Gasteiger partial charge in [0.2, 0.25) is 12.7 Å². The van der Waals surface area contributed by atoms with Gasteiger partial charge < -0.3 is 20.1 Å². The summed E-state index contributed by atoms with van der Waals surface area (Å²) < 4.78 is 10.6. The minimum Gasteiger partial charge on any atom is -0.454 e. The Labute approximate surface area is 112 Å². The second kappa shape index (κ2) is 5.48. The Morgan fingerprint density at radius 3 is 3.11 bits per heavy atom. The van der Waals surface area contributed by atoms with E-state index in [9.17, 15) is 4.79 Å². The number of carbonyl (C=O) groups excluding carboxylic acids is 1. The Morgan fingerprint density at radius 2 is 2.26 bits per heavy atom. The molecule has 5 heteroatoms. The van der Waals surface area contributed by atoms with E-state index in [-0.39, 0.29) is 18.6 Å². The van der Waals surface area contributed by atoms with Crippen molar-refractivity contribution in [3.05, 3.63) is 23.8 Å². The molecule has 0 aliphatic carbocycles. The molecule has 0 saturated carbocycles. The molecule has 5 nitrogen and oxygen atoms in total. The summed E-state index contributed by atoms with van der Waals surface area (Å²) >= 11 is 0. The monoisotopic (exact) mass is 262 g/mol. The van der Waals surface area contributed by atoms with Crippen LogP contribution in [-0.4, -0.2) is 25.8 Å². The average Bonchev–Trinajstić information content (AvgIpc) is 2.93. The van der Waals surface area contributed by atoms with E-state index < -0.39 is 0 Å². The highest BCUT2D eigenvalue weighted by atomic mass is 16.7. The summed E-state index contributed by atoms with van der Waals surface area (Å²) in [4.78, 5) is 12.0. The molecule has 2 aliphatic rings. The third-order valence-electron chi connectivity index (χ3n) is 3.57. The minimum atomic E-state index is 0.0998. The molecule has 19 heavy (non-hydrogen) atoms. The molecule has 3 rings (SSSR count). The van der Waals surface area contributed by atoms with Crippen LogP contribution in [0, 0.1) is 5.92 Å². The first-order chi connectivity index (χ1) is 9.33. The summed E-state index contributed by atoms with van der Waals surface area (Å²) in [6.45, 7) is 2.61. The quantitative estimate of drug-likeness (QED) is 0.854. The predicted octanol–water partition coefficient (Wildman–Crippen LogP) is 1.03. The molecule has 2 heterocycles. The zero-order valence-electron chi connectivity index (χ0n) is 10.8. The van der Waals surface area contributed by atoms with Crippen LogP contribution in [-0.2, 0) is 11.3 Å². The number of benzene rings is 1. The molecule has 1 saturated heterocycles. The number of carbonyl (C=O) groups is 1. The first-order valence-corrected chi connectivity index (χ1v) is 6.70. The van der Waals surface area contributed by atoms with Crippen LogP contribution >= 0.6 is 0 Å². The molecule has 102 valence electrons. The molecule has 2 aliphatic heterocycles. The number of fused-ring (bicyclic) bond motifs is 1. The number of nitrogens with one attached hydrogen (secondary N) is 2. The molecule has 0 spiro atoms. The van der Waals surface area contributed by atoms with E-state index in [0.717, 1.165) is 43.0 Å². The average molecular weight is 262 g/mol. The Balaban J connectivity index is 1.55. The SMILES string of the molecule is O=C(NCc1ccc2c(c1)OCO2)[C@H]1CCCNC1. The van der Waals surface area contributed by atoms with Gasteiger partial charge in [-0.3, -0.25) is 4.79 Å². The summed E-state index contributed by atoms with van der Waals surface area (Å²) in [5.41, 5.74) is 1.03. The molecular formula is C14H18N2O3. The summed E-state index contributed by atoms with van der Waals surface area (Å²) in [5.74, 6) is 1.75. The van der Waals surface area contributed by atoms with Crippen molar-refractivity contribution < 1.29 is 14.3 Å². The highest BCUT2D eigenvalue weighted by Gasteiger charge is 2.20. The third kappa shape index (κ3) is 2.81. The Bertz CT molecular complexity index is 470. The van der Waals surface area contributed by atoms with Crippen LogP contribution < -0.4 is 20.1 Å². The maximum Gasteiger partial charge on any atom is 0.231 e. The van der Waals surface area contributed by atoms with Gasteiger partial charge in [0.05, 0.1) is 5.92 Å². The number of hydrogen-bond donors (Lipinski definition) is 2. The van der Waals surface area contributed by atoms with Gasteiger partial charge in [-0.2, -0.15) is 0 Å². The summed E-state index contributed by atoms with van der Waals surface area (Å²) in [6.07, 6.45) is 2.04. The summed E-state index contributed by atoms with van der Waals surface area (Å²) in [5, 5.41) is 6.24. The second-order valence-corrected chi connectivity index (χ2v) is 4.95. The highest BCUT2D eigenvalue weighted by molar-refractivity contribution is 5.79. The van der Waals surface area contributed by atoms with Crippen molar-refractivity contribution in [1.29, 1.82) is 0 Å². The smallest absolute Gasteiger partial charge is 0.231 e. The van der Waals surface area contributed by atoms with Gasteiger partial charge in [-0.25, -0.2) is 0 Å². The number of piperidine rings is 1. The summed E-state index contributed by atoms with van der Waals surface area (Å²) in [6, 6.07) is 5.75. The normalized spacial score (nSPS) is 21.2. The van der Waals surface area contributed by atoms with Crippen LogP contribution in [0.15, 0.2) is 18.2 Å². The van der Waals surface area contributed by atoms with E-state index in [0.29, 0.717) is 6.54 Å². The molecule has 0 radical (unpaired) electrons. The minimum absolute atomic E-state index is 0.0998. The van der Waals surface area contributed by atoms with Gasteiger partial charge in [-0.15, -0.1) is 0 Å². The Hall–Kier alpha value is -1.75. The van der Waals surface area contributed by atoms with Crippen molar-refractivity contribution >= 4 is 5.91 Å². The lowest BCUT2D eigenvalue weighted by Crippen LogP contribution is -2.40. The fraction of sp³-hybridized carbons (Fsp3) is 0.500. The largest absolute Gasteiger partial charge is 0.454 e. The molecular weight excluding hydrogens is 244 g/mol. The van der Waals surface area contributed by atoms with E-state index in [1.807, 2.05) is 18.2 Å². The predicted molar refractivity (Wildman–Crippen MR) is 70.0 cm³/mol. The topological polar surface area (TPSA) is 59.6 Å². The van der Waals surface area contributed by atoms with Gasteiger partial charge >= 0.3 is 0 Å². The zero-order valence-corrected chi connectivity index (χ0v) is 10.8. The highest BCUT2D eigenvalue weighted by Crippen LogP contribution is 2.32. The molecule has 1 atom stereocenters. The van der Waals surface area contributed by atoms with Crippen LogP contribution in [0.5, 0.6) is 11.5 Å². The Kier molecular flexibility index (Phi) is 3.55. The van der Waals surface area contributed by atoms with Gasteiger partial charge in [-0.1, -0.05) is 6.07 Å². The zero-order chi connectivity index (χ0) is 13.1. The van der Waals surface area contributed by atoms with Gasteiger partial charge in [0.25, 0.3) is 0 Å². The van der Waals surface area contributed by atoms with Crippen LogP contribution in [0.4, 0.5) is 0 Å². The maximum absolute atomic E-state index is 12.0. The lowest BCUT2D eigenvalue weighted by Gasteiger charge is -2.21. The van der Waals surface area contributed by atoms with Crippen molar-refractivity contribution in [3.8, 4) is 11.5 Å². The molecule has 1 amide bonds. The first-order valence-electron chi connectivity index (χ1n) is 6.70. The van der Waals surface area contributed by atoms with Gasteiger partial charge in [0.15, 0.2) is 11.5 Å². The van der Waals surface area contributed by atoms with Crippen molar-refractivity contribution in [2.75, 3.05) is 19.9 Å². The van der Waals surface area contributed by atoms with E-state index in [1.54, 1.807) is 0 Å². The van der Waals surface area contributed by atoms with Crippen molar-refractivity contribution in [2.24, 2.45) is 5.92 Å². The number of amides is 1. The summed E-state index contributed by atoms with van der Waals surface area (Å²) in [7, 11) is 0. The van der Waals surface area contributed by atoms with Crippen molar-refractivity contribution in [1.82, 2.24) is 10.6 Å².